The van der Waals surface area contributed by atoms with E-state index in [1.54, 1.807) is 4.57 Å². The fourth-order valence-corrected chi connectivity index (χ4v) is 3.72. The number of aromatic amines is 1. The summed E-state index contributed by atoms with van der Waals surface area (Å²) in [6.45, 7) is 4.03. The molecule has 0 unspecified atom stereocenters. The topological polar surface area (TPSA) is 63.6 Å². The minimum absolute atomic E-state index is 0.141. The molecule has 30 heavy (non-hydrogen) atoms. The molecule has 0 aliphatic rings. The molecule has 0 aliphatic carbocycles. The van der Waals surface area contributed by atoms with Gasteiger partial charge in [-0.25, -0.2) is 4.98 Å². The predicted molar refractivity (Wildman–Crippen MR) is 120 cm³/mol. The van der Waals surface area contributed by atoms with Crippen LogP contribution in [0.3, 0.4) is 0 Å². The van der Waals surface area contributed by atoms with E-state index in [0.29, 0.717) is 22.6 Å². The van der Waals surface area contributed by atoms with Gasteiger partial charge in [-0.1, -0.05) is 78.4 Å². The molecular weight excluding hydrogens is 372 g/mol. The van der Waals surface area contributed by atoms with Crippen molar-refractivity contribution in [3.8, 4) is 28.3 Å². The number of benzene rings is 3. The van der Waals surface area contributed by atoms with Gasteiger partial charge in [-0.05, 0) is 25.5 Å². The third kappa shape index (κ3) is 2.92. The Balaban J connectivity index is 1.88. The quantitative estimate of drug-likeness (QED) is 0.467. The Morgan fingerprint density at radius 1 is 0.800 bits per heavy atom. The molecular formula is C25H20N4O. The van der Waals surface area contributed by atoms with Crippen molar-refractivity contribution < 1.29 is 0 Å². The molecule has 3 aromatic carbocycles. The Kier molecular flexibility index (Phi) is 4.29. The highest BCUT2D eigenvalue weighted by atomic mass is 16.1. The number of aryl methyl sites for hydroxylation is 2. The van der Waals surface area contributed by atoms with Gasteiger partial charge in [0.05, 0.1) is 11.4 Å². The number of nitrogens with zero attached hydrogens (tertiary/aromatic N) is 3. The lowest BCUT2D eigenvalue weighted by Crippen LogP contribution is -2.22. The summed E-state index contributed by atoms with van der Waals surface area (Å²) in [6, 6.07) is 25.6. The van der Waals surface area contributed by atoms with E-state index in [1.807, 2.05) is 92.7 Å². The van der Waals surface area contributed by atoms with Gasteiger partial charge in [0.25, 0.3) is 5.56 Å². The van der Waals surface area contributed by atoms with E-state index in [4.69, 9.17) is 4.98 Å². The van der Waals surface area contributed by atoms with E-state index in [1.165, 1.54) is 0 Å². The van der Waals surface area contributed by atoms with Crippen LogP contribution in [0.1, 0.15) is 11.1 Å². The lowest BCUT2D eigenvalue weighted by molar-refractivity contribution is 0.960. The molecule has 5 heteroatoms. The standard InChI is InChI=1S/C25H20N4O/c1-16-12-14-19(15-13-16)24-26-23-21(22(27-28-23)18-9-4-3-5-10-18)25(30)29(24)20-11-7-6-8-17(20)2/h3-15H,1-2H3,(H,27,28). The molecule has 0 aliphatic heterocycles. The van der Waals surface area contributed by atoms with Crippen LogP contribution in [0.5, 0.6) is 0 Å². The van der Waals surface area contributed by atoms with E-state index in [2.05, 4.69) is 10.2 Å². The van der Waals surface area contributed by atoms with Crippen LogP contribution in [0.2, 0.25) is 0 Å². The second-order valence-corrected chi connectivity index (χ2v) is 7.39. The lowest BCUT2D eigenvalue weighted by atomic mass is 10.1. The highest BCUT2D eigenvalue weighted by Crippen LogP contribution is 2.27. The van der Waals surface area contributed by atoms with Crippen molar-refractivity contribution in [3.05, 3.63) is 100 Å². The average Bonchev–Trinajstić information content (AvgIpc) is 3.20. The molecule has 2 aromatic heterocycles. The average molecular weight is 392 g/mol. The molecule has 0 spiro atoms. The first-order chi connectivity index (χ1) is 14.6. The summed E-state index contributed by atoms with van der Waals surface area (Å²) in [5.74, 6) is 0.577. The first kappa shape index (κ1) is 18.1. The van der Waals surface area contributed by atoms with Crippen molar-refractivity contribution in [2.75, 3.05) is 0 Å². The van der Waals surface area contributed by atoms with Crippen LogP contribution in [0.25, 0.3) is 39.4 Å². The van der Waals surface area contributed by atoms with Gasteiger partial charge in [-0.3, -0.25) is 14.5 Å². The third-order valence-electron chi connectivity index (χ3n) is 5.32. The molecule has 0 fully saturated rings. The number of aromatic nitrogens is 4. The number of H-pyrrole nitrogens is 1. The van der Waals surface area contributed by atoms with Crippen LogP contribution in [0.4, 0.5) is 0 Å². The molecule has 0 saturated carbocycles. The number of rotatable bonds is 3. The summed E-state index contributed by atoms with van der Waals surface area (Å²) in [7, 11) is 0. The third-order valence-corrected chi connectivity index (χ3v) is 5.32. The maximum Gasteiger partial charge on any atom is 0.270 e. The molecule has 0 amide bonds. The first-order valence-corrected chi connectivity index (χ1v) is 9.83. The van der Waals surface area contributed by atoms with E-state index < -0.39 is 0 Å². The number of hydrogen-bond acceptors (Lipinski definition) is 3. The Morgan fingerprint density at radius 3 is 2.23 bits per heavy atom. The number of para-hydroxylation sites is 1. The van der Waals surface area contributed by atoms with Gasteiger partial charge >= 0.3 is 0 Å². The highest BCUT2D eigenvalue weighted by molar-refractivity contribution is 5.91. The van der Waals surface area contributed by atoms with Crippen LogP contribution in [-0.4, -0.2) is 19.7 Å². The van der Waals surface area contributed by atoms with Crippen molar-refractivity contribution in [2.24, 2.45) is 0 Å². The molecule has 0 radical (unpaired) electrons. The van der Waals surface area contributed by atoms with Crippen molar-refractivity contribution in [1.82, 2.24) is 19.7 Å². The summed E-state index contributed by atoms with van der Waals surface area (Å²) in [6.07, 6.45) is 0. The van der Waals surface area contributed by atoms with Crippen LogP contribution < -0.4 is 5.56 Å². The molecule has 146 valence electrons. The first-order valence-electron chi connectivity index (χ1n) is 9.83. The summed E-state index contributed by atoms with van der Waals surface area (Å²) < 4.78 is 1.70. The SMILES string of the molecule is Cc1ccc(-c2nc3n[nH]c(-c4ccccc4)c3c(=O)n2-c2ccccc2C)cc1. The van der Waals surface area contributed by atoms with E-state index in [9.17, 15) is 4.79 Å². The zero-order chi connectivity index (χ0) is 20.7. The largest absolute Gasteiger partial charge is 0.275 e. The predicted octanol–water partition coefficient (Wildman–Crippen LogP) is 5.06. The fourth-order valence-electron chi connectivity index (χ4n) is 3.72. The Labute approximate surface area is 173 Å². The van der Waals surface area contributed by atoms with E-state index in [0.717, 1.165) is 27.9 Å². The fraction of sp³-hybridized carbons (Fsp3) is 0.0800. The Bertz CT molecular complexity index is 1410. The maximum atomic E-state index is 13.9. The van der Waals surface area contributed by atoms with Crippen molar-refractivity contribution in [3.63, 3.8) is 0 Å². The van der Waals surface area contributed by atoms with E-state index in [-0.39, 0.29) is 5.56 Å². The molecule has 0 saturated heterocycles. The Morgan fingerprint density at radius 2 is 1.50 bits per heavy atom. The summed E-state index contributed by atoms with van der Waals surface area (Å²) >= 11 is 0. The zero-order valence-electron chi connectivity index (χ0n) is 16.8. The molecule has 0 atom stereocenters. The van der Waals surface area contributed by atoms with Crippen molar-refractivity contribution >= 4 is 11.0 Å². The van der Waals surface area contributed by atoms with Crippen molar-refractivity contribution in [2.45, 2.75) is 13.8 Å². The lowest BCUT2D eigenvalue weighted by Gasteiger charge is -2.15. The van der Waals surface area contributed by atoms with Gasteiger partial charge in [0.2, 0.25) is 0 Å². The monoisotopic (exact) mass is 392 g/mol. The highest BCUT2D eigenvalue weighted by Gasteiger charge is 2.20. The van der Waals surface area contributed by atoms with Gasteiger partial charge in [-0.2, -0.15) is 5.10 Å². The van der Waals surface area contributed by atoms with Crippen LogP contribution in [0.15, 0.2) is 83.7 Å². The van der Waals surface area contributed by atoms with Gasteiger partial charge < -0.3 is 0 Å². The second-order valence-electron chi connectivity index (χ2n) is 7.39. The Hall–Kier alpha value is -3.99. The molecule has 5 aromatic rings. The normalized spacial score (nSPS) is 11.1. The zero-order valence-corrected chi connectivity index (χ0v) is 16.8. The summed E-state index contributed by atoms with van der Waals surface area (Å²) in [4.78, 5) is 18.7. The molecule has 5 nitrogen and oxygen atoms in total. The maximum absolute atomic E-state index is 13.9. The minimum atomic E-state index is -0.141. The van der Waals surface area contributed by atoms with Crippen LogP contribution in [0, 0.1) is 13.8 Å². The molecule has 1 N–H and O–H groups in total. The van der Waals surface area contributed by atoms with E-state index >= 15 is 0 Å². The molecule has 5 rings (SSSR count). The summed E-state index contributed by atoms with van der Waals surface area (Å²) in [5.41, 5.74) is 5.69. The molecule has 0 bridgehead atoms. The summed E-state index contributed by atoms with van der Waals surface area (Å²) in [5, 5.41) is 7.88. The minimum Gasteiger partial charge on any atom is -0.275 e. The number of fused-ring (bicyclic) bond motifs is 1. The van der Waals surface area contributed by atoms with Gasteiger partial charge in [0, 0.05) is 11.1 Å². The van der Waals surface area contributed by atoms with Gasteiger partial charge in [0.15, 0.2) is 5.65 Å². The van der Waals surface area contributed by atoms with Crippen LogP contribution >= 0.6 is 0 Å². The smallest absolute Gasteiger partial charge is 0.270 e. The van der Waals surface area contributed by atoms with Crippen LogP contribution in [-0.2, 0) is 0 Å². The number of nitrogens with one attached hydrogen (secondary N) is 1. The molecule has 2 heterocycles. The van der Waals surface area contributed by atoms with Gasteiger partial charge in [-0.15, -0.1) is 0 Å². The van der Waals surface area contributed by atoms with Crippen molar-refractivity contribution in [1.29, 1.82) is 0 Å². The van der Waals surface area contributed by atoms with Gasteiger partial charge in [0.1, 0.15) is 11.2 Å². The second kappa shape index (κ2) is 7.12. The number of hydrogen-bond donors (Lipinski definition) is 1.